The highest BCUT2D eigenvalue weighted by Gasteiger charge is 2.04. The summed E-state index contributed by atoms with van der Waals surface area (Å²) < 4.78 is 3.78. The van der Waals surface area contributed by atoms with Gasteiger partial charge in [-0.05, 0) is 30.4 Å². The average Bonchev–Trinajstić information content (AvgIpc) is 2.92. The predicted octanol–water partition coefficient (Wildman–Crippen LogP) is 1.96. The van der Waals surface area contributed by atoms with E-state index in [9.17, 15) is 4.79 Å². The summed E-state index contributed by atoms with van der Waals surface area (Å²) in [5.41, 5.74) is 0.708. The molecule has 0 aliphatic heterocycles. The van der Waals surface area contributed by atoms with Crippen LogP contribution in [0.2, 0.25) is 0 Å². The molecule has 1 aromatic carbocycles. The summed E-state index contributed by atoms with van der Waals surface area (Å²) in [4.78, 5) is 15.4. The van der Waals surface area contributed by atoms with Gasteiger partial charge in [-0.25, -0.2) is 0 Å². The van der Waals surface area contributed by atoms with Crippen LogP contribution in [0.25, 0.3) is 10.9 Å². The highest BCUT2D eigenvalue weighted by molar-refractivity contribution is 7.71. The van der Waals surface area contributed by atoms with Crippen LogP contribution in [-0.2, 0) is 13.1 Å². The van der Waals surface area contributed by atoms with Gasteiger partial charge in [-0.3, -0.25) is 14.0 Å². The largest absolute Gasteiger partial charge is 0.332 e. The first kappa shape index (κ1) is 11.9. The third-order valence-corrected chi connectivity index (χ3v) is 3.32. The Morgan fingerprint density at radius 1 is 1.21 bits per heavy atom. The molecular formula is C13H12N4OS. The SMILES string of the molecule is O=c1c2ccccc2[nH]c(=S)n1CCn1cccn1. The van der Waals surface area contributed by atoms with Gasteiger partial charge in [0, 0.05) is 18.9 Å². The summed E-state index contributed by atoms with van der Waals surface area (Å²) in [7, 11) is 0. The number of aryl methyl sites for hydroxylation is 1. The van der Waals surface area contributed by atoms with Crippen molar-refractivity contribution < 1.29 is 0 Å². The lowest BCUT2D eigenvalue weighted by Gasteiger charge is -2.08. The van der Waals surface area contributed by atoms with E-state index in [1.807, 2.05) is 30.5 Å². The maximum Gasteiger partial charge on any atom is 0.262 e. The highest BCUT2D eigenvalue weighted by atomic mass is 32.1. The number of rotatable bonds is 3. The zero-order chi connectivity index (χ0) is 13.2. The van der Waals surface area contributed by atoms with Gasteiger partial charge in [-0.15, -0.1) is 0 Å². The zero-order valence-electron chi connectivity index (χ0n) is 10.1. The minimum Gasteiger partial charge on any atom is -0.332 e. The van der Waals surface area contributed by atoms with Crippen molar-refractivity contribution in [3.63, 3.8) is 0 Å². The Kier molecular flexibility index (Phi) is 3.00. The van der Waals surface area contributed by atoms with E-state index in [-0.39, 0.29) is 5.56 Å². The van der Waals surface area contributed by atoms with Crippen LogP contribution in [0.3, 0.4) is 0 Å². The second-order valence-electron chi connectivity index (χ2n) is 4.20. The number of fused-ring (bicyclic) bond motifs is 1. The summed E-state index contributed by atoms with van der Waals surface area (Å²) in [6, 6.07) is 9.22. The van der Waals surface area contributed by atoms with Crippen molar-refractivity contribution in [1.82, 2.24) is 19.3 Å². The molecule has 0 spiro atoms. The van der Waals surface area contributed by atoms with Gasteiger partial charge in [0.25, 0.3) is 5.56 Å². The fraction of sp³-hybridized carbons (Fsp3) is 0.154. The van der Waals surface area contributed by atoms with E-state index in [1.165, 1.54) is 0 Å². The molecule has 0 atom stereocenters. The van der Waals surface area contributed by atoms with Gasteiger partial charge in [0.2, 0.25) is 0 Å². The molecule has 1 N–H and O–H groups in total. The molecule has 0 bridgehead atoms. The number of hydrogen-bond acceptors (Lipinski definition) is 3. The first-order chi connectivity index (χ1) is 9.25. The van der Waals surface area contributed by atoms with E-state index in [1.54, 1.807) is 21.5 Å². The van der Waals surface area contributed by atoms with Gasteiger partial charge < -0.3 is 4.98 Å². The Hall–Kier alpha value is -2.21. The zero-order valence-corrected chi connectivity index (χ0v) is 10.9. The number of aromatic nitrogens is 4. The fourth-order valence-electron chi connectivity index (χ4n) is 2.04. The third kappa shape index (κ3) is 2.22. The molecule has 5 nitrogen and oxygen atoms in total. The maximum atomic E-state index is 12.4. The number of benzene rings is 1. The molecule has 0 fully saturated rings. The van der Waals surface area contributed by atoms with E-state index in [0.29, 0.717) is 23.2 Å². The molecule has 3 aromatic rings. The van der Waals surface area contributed by atoms with Crippen molar-refractivity contribution in [2.24, 2.45) is 0 Å². The quantitative estimate of drug-likeness (QED) is 0.741. The monoisotopic (exact) mass is 272 g/mol. The summed E-state index contributed by atoms with van der Waals surface area (Å²) in [6.07, 6.45) is 3.57. The van der Waals surface area contributed by atoms with Crippen molar-refractivity contribution >= 4 is 23.1 Å². The lowest BCUT2D eigenvalue weighted by Crippen LogP contribution is -2.24. The Labute approximate surface area is 114 Å². The minimum absolute atomic E-state index is 0.0634. The first-order valence-corrected chi connectivity index (χ1v) is 6.36. The molecule has 0 unspecified atom stereocenters. The van der Waals surface area contributed by atoms with E-state index in [4.69, 9.17) is 12.2 Å². The van der Waals surface area contributed by atoms with Crippen LogP contribution in [0.5, 0.6) is 0 Å². The Bertz CT molecular complexity index is 817. The van der Waals surface area contributed by atoms with Gasteiger partial charge in [0.1, 0.15) is 0 Å². The van der Waals surface area contributed by atoms with E-state index in [0.717, 1.165) is 5.52 Å². The predicted molar refractivity (Wildman–Crippen MR) is 75.6 cm³/mol. The van der Waals surface area contributed by atoms with Crippen LogP contribution in [0.15, 0.2) is 47.5 Å². The number of H-pyrrole nitrogens is 1. The van der Waals surface area contributed by atoms with Crippen LogP contribution in [0, 0.1) is 4.77 Å². The molecule has 0 aliphatic carbocycles. The second kappa shape index (κ2) is 4.81. The summed E-state index contributed by atoms with van der Waals surface area (Å²) in [5.74, 6) is 0. The van der Waals surface area contributed by atoms with Crippen molar-refractivity contribution in [2.75, 3.05) is 0 Å². The van der Waals surface area contributed by atoms with Crippen LogP contribution in [0.1, 0.15) is 0 Å². The van der Waals surface area contributed by atoms with Crippen LogP contribution < -0.4 is 5.56 Å². The van der Waals surface area contributed by atoms with Crippen LogP contribution in [0.4, 0.5) is 0 Å². The van der Waals surface area contributed by atoms with Crippen LogP contribution >= 0.6 is 12.2 Å². The molecule has 6 heteroatoms. The number of para-hydroxylation sites is 1. The Morgan fingerprint density at radius 2 is 2.05 bits per heavy atom. The third-order valence-electron chi connectivity index (χ3n) is 3.00. The molecular weight excluding hydrogens is 260 g/mol. The molecule has 0 radical (unpaired) electrons. The molecule has 2 aromatic heterocycles. The Morgan fingerprint density at radius 3 is 2.84 bits per heavy atom. The lowest BCUT2D eigenvalue weighted by molar-refractivity contribution is 0.517. The van der Waals surface area contributed by atoms with Gasteiger partial charge in [-0.2, -0.15) is 5.10 Å². The summed E-state index contributed by atoms with van der Waals surface area (Å²) >= 11 is 5.24. The van der Waals surface area contributed by atoms with Crippen molar-refractivity contribution in [2.45, 2.75) is 13.1 Å². The van der Waals surface area contributed by atoms with E-state index in [2.05, 4.69) is 10.1 Å². The van der Waals surface area contributed by atoms with Crippen molar-refractivity contribution in [3.05, 3.63) is 57.9 Å². The molecule has 0 amide bonds. The van der Waals surface area contributed by atoms with Crippen LogP contribution in [-0.4, -0.2) is 19.3 Å². The molecule has 0 aliphatic rings. The summed E-state index contributed by atoms with van der Waals surface area (Å²) in [6.45, 7) is 1.11. The van der Waals surface area contributed by atoms with Gasteiger partial charge in [-0.1, -0.05) is 12.1 Å². The molecule has 2 heterocycles. The number of nitrogens with one attached hydrogen (secondary N) is 1. The highest BCUT2D eigenvalue weighted by Crippen LogP contribution is 2.05. The standard InChI is InChI=1S/C13H12N4OS/c18-12-10-4-1-2-5-11(10)15-13(19)17(12)9-8-16-7-3-6-14-16/h1-7H,8-9H2,(H,15,19). The van der Waals surface area contributed by atoms with Crippen molar-refractivity contribution in [3.8, 4) is 0 Å². The summed E-state index contributed by atoms with van der Waals surface area (Å²) in [5, 5.41) is 4.76. The van der Waals surface area contributed by atoms with Gasteiger partial charge >= 0.3 is 0 Å². The van der Waals surface area contributed by atoms with Gasteiger partial charge in [0.05, 0.1) is 17.4 Å². The minimum atomic E-state index is -0.0634. The number of aromatic amines is 1. The average molecular weight is 272 g/mol. The number of nitrogens with zero attached hydrogens (tertiary/aromatic N) is 3. The normalized spacial score (nSPS) is 10.9. The molecule has 96 valence electrons. The number of hydrogen-bond donors (Lipinski definition) is 1. The second-order valence-corrected chi connectivity index (χ2v) is 4.59. The van der Waals surface area contributed by atoms with Crippen molar-refractivity contribution in [1.29, 1.82) is 0 Å². The topological polar surface area (TPSA) is 55.6 Å². The molecule has 0 saturated heterocycles. The Balaban J connectivity index is 2.04. The lowest BCUT2D eigenvalue weighted by atomic mass is 10.2. The van der Waals surface area contributed by atoms with E-state index < -0.39 is 0 Å². The fourth-order valence-corrected chi connectivity index (χ4v) is 2.32. The molecule has 0 saturated carbocycles. The maximum absolute atomic E-state index is 12.4. The molecule has 3 rings (SSSR count). The molecule has 19 heavy (non-hydrogen) atoms. The van der Waals surface area contributed by atoms with E-state index >= 15 is 0 Å². The first-order valence-electron chi connectivity index (χ1n) is 5.95. The van der Waals surface area contributed by atoms with Gasteiger partial charge in [0.15, 0.2) is 4.77 Å². The smallest absolute Gasteiger partial charge is 0.262 e.